The number of aryl methyl sites for hydroxylation is 2. The van der Waals surface area contributed by atoms with Crippen LogP contribution in [0.2, 0.25) is 0 Å². The van der Waals surface area contributed by atoms with E-state index in [0.717, 1.165) is 12.7 Å². The fraction of sp³-hybridized carbons (Fsp3) is 0.500. The molecule has 0 saturated carbocycles. The molecule has 15 heavy (non-hydrogen) atoms. The van der Waals surface area contributed by atoms with Crippen molar-refractivity contribution < 1.29 is 4.79 Å². The van der Waals surface area contributed by atoms with Crippen LogP contribution in [0.1, 0.15) is 48.4 Å². The van der Waals surface area contributed by atoms with E-state index in [9.17, 15) is 4.79 Å². The molecule has 1 heteroatoms. The van der Waals surface area contributed by atoms with Gasteiger partial charge in [0.05, 0.1) is 0 Å². The van der Waals surface area contributed by atoms with Crippen LogP contribution in [0.5, 0.6) is 0 Å². The zero-order valence-electron chi connectivity index (χ0n) is 10.1. The predicted molar refractivity (Wildman–Crippen MR) is 64.4 cm³/mol. The van der Waals surface area contributed by atoms with Gasteiger partial charge in [-0.3, -0.25) is 0 Å². The second-order valence-corrected chi connectivity index (χ2v) is 4.28. The van der Waals surface area contributed by atoms with Gasteiger partial charge >= 0.3 is 0 Å². The normalized spacial score (nSPS) is 12.5. The lowest BCUT2D eigenvalue weighted by Gasteiger charge is -2.16. The zero-order valence-corrected chi connectivity index (χ0v) is 10.1. The minimum Gasteiger partial charge on any atom is -0.303 e. The molecule has 0 N–H and O–H groups in total. The lowest BCUT2D eigenvalue weighted by atomic mass is 9.89. The molecule has 1 unspecified atom stereocenters. The highest BCUT2D eigenvalue weighted by atomic mass is 16.1. The van der Waals surface area contributed by atoms with Crippen molar-refractivity contribution in [2.75, 3.05) is 0 Å². The zero-order chi connectivity index (χ0) is 11.4. The van der Waals surface area contributed by atoms with E-state index in [0.29, 0.717) is 12.3 Å². The molecule has 1 aromatic rings. The van der Waals surface area contributed by atoms with E-state index in [1.807, 2.05) is 0 Å². The van der Waals surface area contributed by atoms with Crippen molar-refractivity contribution in [3.63, 3.8) is 0 Å². The molecule has 0 heterocycles. The summed E-state index contributed by atoms with van der Waals surface area (Å²) in [4.78, 5) is 10.5. The summed E-state index contributed by atoms with van der Waals surface area (Å²) in [6.07, 6.45) is 2.69. The maximum atomic E-state index is 10.5. The molecule has 0 spiro atoms. The number of rotatable bonds is 4. The highest BCUT2D eigenvalue weighted by molar-refractivity contribution is 5.52. The summed E-state index contributed by atoms with van der Waals surface area (Å²) in [6.45, 7) is 8.57. The maximum absolute atomic E-state index is 10.5. The third-order valence-corrected chi connectivity index (χ3v) is 3.16. The second-order valence-electron chi connectivity index (χ2n) is 4.28. The summed E-state index contributed by atoms with van der Waals surface area (Å²) in [7, 11) is 0. The van der Waals surface area contributed by atoms with Gasteiger partial charge in [0.1, 0.15) is 6.29 Å². The van der Waals surface area contributed by atoms with Crippen molar-refractivity contribution in [1.82, 2.24) is 0 Å². The Morgan fingerprint density at radius 1 is 1.33 bits per heavy atom. The smallest absolute Gasteiger partial charge is 0.120 e. The summed E-state index contributed by atoms with van der Waals surface area (Å²) in [5.74, 6) is 0.340. The number of hydrogen-bond acceptors (Lipinski definition) is 1. The lowest BCUT2D eigenvalue weighted by molar-refractivity contribution is -0.108. The molecule has 0 radical (unpaired) electrons. The van der Waals surface area contributed by atoms with Gasteiger partial charge in [-0.05, 0) is 48.4 Å². The molecular formula is C14H20O. The molecule has 1 atom stereocenters. The average Bonchev–Trinajstić information content (AvgIpc) is 2.22. The Bertz CT molecular complexity index is 353. The Morgan fingerprint density at radius 2 is 2.00 bits per heavy atom. The fourth-order valence-corrected chi connectivity index (χ4v) is 1.95. The average molecular weight is 204 g/mol. The van der Waals surface area contributed by atoms with Gasteiger partial charge in [-0.15, -0.1) is 0 Å². The van der Waals surface area contributed by atoms with Crippen LogP contribution in [0.25, 0.3) is 0 Å². The van der Waals surface area contributed by atoms with Crippen LogP contribution in [0.4, 0.5) is 0 Å². The summed E-state index contributed by atoms with van der Waals surface area (Å²) in [6, 6.07) is 4.49. The first-order valence-electron chi connectivity index (χ1n) is 5.63. The van der Waals surface area contributed by atoms with E-state index < -0.39 is 0 Å². The van der Waals surface area contributed by atoms with Crippen LogP contribution < -0.4 is 0 Å². The topological polar surface area (TPSA) is 17.1 Å². The van der Waals surface area contributed by atoms with E-state index in [2.05, 4.69) is 39.8 Å². The highest BCUT2D eigenvalue weighted by Crippen LogP contribution is 2.25. The SMILES string of the molecule is CCc1cc(C)c(C)c(C(C)CC=O)c1. The molecular weight excluding hydrogens is 184 g/mol. The number of aldehydes is 1. The Balaban J connectivity index is 3.14. The Morgan fingerprint density at radius 3 is 2.53 bits per heavy atom. The van der Waals surface area contributed by atoms with Gasteiger partial charge in [-0.25, -0.2) is 0 Å². The fourth-order valence-electron chi connectivity index (χ4n) is 1.95. The molecule has 0 aliphatic rings. The molecule has 0 aliphatic carbocycles. The first kappa shape index (κ1) is 12.0. The second kappa shape index (κ2) is 5.11. The minimum absolute atomic E-state index is 0.340. The number of carbonyl (C=O) groups excluding carboxylic acids is 1. The van der Waals surface area contributed by atoms with Crippen LogP contribution in [-0.2, 0) is 11.2 Å². The quantitative estimate of drug-likeness (QED) is 0.685. The van der Waals surface area contributed by atoms with Gasteiger partial charge in [0.25, 0.3) is 0 Å². The molecule has 0 fully saturated rings. The highest BCUT2D eigenvalue weighted by Gasteiger charge is 2.10. The largest absolute Gasteiger partial charge is 0.303 e. The van der Waals surface area contributed by atoms with Crippen LogP contribution in [0.3, 0.4) is 0 Å². The Kier molecular flexibility index (Phi) is 4.07. The molecule has 0 aromatic heterocycles. The third kappa shape index (κ3) is 2.68. The van der Waals surface area contributed by atoms with Crippen molar-refractivity contribution in [1.29, 1.82) is 0 Å². The number of hydrogen-bond donors (Lipinski definition) is 0. The van der Waals surface area contributed by atoms with E-state index in [1.165, 1.54) is 22.3 Å². The van der Waals surface area contributed by atoms with Crippen molar-refractivity contribution in [3.8, 4) is 0 Å². The molecule has 1 nitrogen and oxygen atoms in total. The molecule has 82 valence electrons. The lowest BCUT2D eigenvalue weighted by Crippen LogP contribution is -2.01. The molecule has 1 rings (SSSR count). The van der Waals surface area contributed by atoms with Crippen LogP contribution in [-0.4, -0.2) is 6.29 Å². The van der Waals surface area contributed by atoms with Crippen LogP contribution in [0, 0.1) is 13.8 Å². The monoisotopic (exact) mass is 204 g/mol. The van der Waals surface area contributed by atoms with Gasteiger partial charge < -0.3 is 4.79 Å². The van der Waals surface area contributed by atoms with E-state index >= 15 is 0 Å². The molecule has 0 saturated heterocycles. The Labute approximate surface area is 92.5 Å². The first-order valence-corrected chi connectivity index (χ1v) is 5.63. The van der Waals surface area contributed by atoms with Crippen molar-refractivity contribution in [3.05, 3.63) is 34.4 Å². The molecule has 1 aromatic carbocycles. The van der Waals surface area contributed by atoms with Crippen LogP contribution in [0.15, 0.2) is 12.1 Å². The van der Waals surface area contributed by atoms with E-state index in [4.69, 9.17) is 0 Å². The predicted octanol–water partition coefficient (Wildman–Crippen LogP) is 3.56. The third-order valence-electron chi connectivity index (χ3n) is 3.16. The van der Waals surface area contributed by atoms with Gasteiger partial charge in [0, 0.05) is 6.42 Å². The van der Waals surface area contributed by atoms with Crippen LogP contribution >= 0.6 is 0 Å². The molecule has 0 aliphatic heterocycles. The number of benzene rings is 1. The van der Waals surface area contributed by atoms with Crippen molar-refractivity contribution in [2.24, 2.45) is 0 Å². The van der Waals surface area contributed by atoms with Gasteiger partial charge in [0.15, 0.2) is 0 Å². The summed E-state index contributed by atoms with van der Waals surface area (Å²) >= 11 is 0. The summed E-state index contributed by atoms with van der Waals surface area (Å²) in [5, 5.41) is 0. The molecule has 0 bridgehead atoms. The minimum atomic E-state index is 0.340. The van der Waals surface area contributed by atoms with E-state index in [-0.39, 0.29) is 0 Å². The first-order chi connectivity index (χ1) is 7.10. The van der Waals surface area contributed by atoms with Gasteiger partial charge in [-0.1, -0.05) is 26.0 Å². The summed E-state index contributed by atoms with van der Waals surface area (Å²) in [5.41, 5.74) is 5.37. The standard InChI is InChI=1S/C14H20O/c1-5-13-8-11(3)12(4)14(9-13)10(2)6-7-15/h7-10H,5-6H2,1-4H3. The Hall–Kier alpha value is -1.11. The van der Waals surface area contributed by atoms with Gasteiger partial charge in [-0.2, -0.15) is 0 Å². The van der Waals surface area contributed by atoms with Gasteiger partial charge in [0.2, 0.25) is 0 Å². The maximum Gasteiger partial charge on any atom is 0.120 e. The molecule has 0 amide bonds. The number of carbonyl (C=O) groups is 1. The van der Waals surface area contributed by atoms with Crippen molar-refractivity contribution >= 4 is 6.29 Å². The van der Waals surface area contributed by atoms with E-state index in [1.54, 1.807) is 0 Å². The van der Waals surface area contributed by atoms with Crippen molar-refractivity contribution in [2.45, 2.75) is 46.5 Å². The summed E-state index contributed by atoms with van der Waals surface area (Å²) < 4.78 is 0.